The highest BCUT2D eigenvalue weighted by Crippen LogP contribution is 2.36. The van der Waals surface area contributed by atoms with Crippen LogP contribution in [0.5, 0.6) is 5.75 Å². The van der Waals surface area contributed by atoms with Gasteiger partial charge in [-0.1, -0.05) is 53.3 Å². The van der Waals surface area contributed by atoms with Gasteiger partial charge in [-0.05, 0) is 48.4 Å². The summed E-state index contributed by atoms with van der Waals surface area (Å²) in [6.07, 6.45) is 0.486. The summed E-state index contributed by atoms with van der Waals surface area (Å²) in [5.74, 6) is -1.53. The number of anilines is 1. The Hall–Kier alpha value is -4.93. The van der Waals surface area contributed by atoms with Crippen LogP contribution in [0, 0.1) is 12.7 Å². The lowest BCUT2D eigenvalue weighted by Crippen LogP contribution is -2.44. The van der Waals surface area contributed by atoms with Gasteiger partial charge in [0, 0.05) is 6.42 Å². The van der Waals surface area contributed by atoms with E-state index in [2.05, 4.69) is 15.4 Å². The van der Waals surface area contributed by atoms with E-state index in [1.165, 1.54) is 28.2 Å². The molecule has 40 heavy (non-hydrogen) atoms. The van der Waals surface area contributed by atoms with Gasteiger partial charge in [-0.2, -0.15) is 10.2 Å². The normalized spacial score (nSPS) is 21.7. The number of hydrogen-bond donors (Lipinski definition) is 0. The molecule has 11 heteroatoms. The Labute approximate surface area is 229 Å². The van der Waals surface area contributed by atoms with Gasteiger partial charge in [0.25, 0.3) is 17.7 Å². The van der Waals surface area contributed by atoms with Gasteiger partial charge in [0.15, 0.2) is 12.1 Å². The van der Waals surface area contributed by atoms with Gasteiger partial charge >= 0.3 is 0 Å². The monoisotopic (exact) mass is 540 g/mol. The summed E-state index contributed by atoms with van der Waals surface area (Å²) in [4.78, 5) is 40.9. The number of halogens is 1. The molecule has 0 aliphatic carbocycles. The smallest absolute Gasteiger partial charge is 0.264 e. The molecule has 0 radical (unpaired) electrons. The van der Waals surface area contributed by atoms with Crippen molar-refractivity contribution in [1.29, 1.82) is 0 Å². The lowest BCUT2D eigenvalue weighted by atomic mass is 9.98. The van der Waals surface area contributed by atoms with E-state index in [0.29, 0.717) is 12.2 Å². The van der Waals surface area contributed by atoms with E-state index >= 15 is 0 Å². The Balaban J connectivity index is 1.26. The number of hydrazone groups is 1. The number of hydrogen-bond acceptors (Lipinski definition) is 8. The Morgan fingerprint density at radius 1 is 1.02 bits per heavy atom. The molecule has 3 atom stereocenters. The second kappa shape index (κ2) is 9.99. The van der Waals surface area contributed by atoms with Crippen LogP contribution >= 0.6 is 0 Å². The highest BCUT2D eigenvalue weighted by molar-refractivity contribution is 6.25. The van der Waals surface area contributed by atoms with Crippen molar-refractivity contribution in [2.24, 2.45) is 15.4 Å². The van der Waals surface area contributed by atoms with Crippen LogP contribution in [0.1, 0.15) is 29.2 Å². The Bertz CT molecular complexity index is 1560. The maximum absolute atomic E-state index is 13.8. The number of aryl methyl sites for hydroxylation is 1. The molecule has 3 amide bonds. The van der Waals surface area contributed by atoms with Crippen LogP contribution in [0.15, 0.2) is 88.2 Å². The maximum atomic E-state index is 13.8. The van der Waals surface area contributed by atoms with Gasteiger partial charge in [0.05, 0.1) is 24.6 Å². The molecular weight excluding hydrogens is 515 g/mol. The third kappa shape index (κ3) is 4.39. The minimum atomic E-state index is -1.11. The predicted molar refractivity (Wildman–Crippen MR) is 143 cm³/mol. The number of amides is 3. The van der Waals surface area contributed by atoms with Crippen molar-refractivity contribution in [2.75, 3.05) is 18.6 Å². The van der Waals surface area contributed by atoms with Crippen LogP contribution in [-0.2, 0) is 14.4 Å². The first-order valence-electron chi connectivity index (χ1n) is 12.8. The number of fused-ring (bicyclic) bond motifs is 1. The standard InChI is InChI=1S/C29H25FN6O4/c1-17-6-8-18(9-7-17)23-15-24(19-10-12-22(40-2)13-11-19)36(32-23)25(37)16-34-27-26(31-33-34)28(38)35(29(27)39)21-5-3-4-20(30)14-21/h3-14,24,26-27H,15-16H2,1-2H3. The largest absolute Gasteiger partial charge is 0.497 e. The maximum Gasteiger partial charge on any atom is 0.264 e. The first-order valence-corrected chi connectivity index (χ1v) is 12.8. The van der Waals surface area contributed by atoms with Crippen LogP contribution in [0.25, 0.3) is 0 Å². The van der Waals surface area contributed by atoms with Gasteiger partial charge < -0.3 is 4.74 Å². The SMILES string of the molecule is COc1ccc(C2CC(c3ccc(C)cc3)=NN2C(=O)CN2N=NC3C(=O)N(c4cccc(F)c4)C(=O)C32)cc1. The van der Waals surface area contributed by atoms with E-state index in [1.807, 2.05) is 55.5 Å². The average molecular weight is 541 g/mol. The number of methoxy groups -OCH3 is 1. The molecular formula is C29H25FN6O4. The molecule has 0 bridgehead atoms. The zero-order valence-electron chi connectivity index (χ0n) is 21.8. The van der Waals surface area contributed by atoms with Crippen molar-refractivity contribution in [2.45, 2.75) is 31.5 Å². The number of imide groups is 1. The molecule has 3 heterocycles. The summed E-state index contributed by atoms with van der Waals surface area (Å²) >= 11 is 0. The molecule has 1 fully saturated rings. The van der Waals surface area contributed by atoms with Gasteiger partial charge in [-0.15, -0.1) is 0 Å². The van der Waals surface area contributed by atoms with Crippen molar-refractivity contribution in [3.05, 3.63) is 95.3 Å². The number of carbonyl (C=O) groups is 3. The molecule has 0 saturated carbocycles. The summed E-state index contributed by atoms with van der Waals surface area (Å²) in [7, 11) is 1.58. The first kappa shape index (κ1) is 25.4. The van der Waals surface area contributed by atoms with Gasteiger partial charge in [-0.3, -0.25) is 19.4 Å². The zero-order chi connectivity index (χ0) is 28.0. The molecule has 1 saturated heterocycles. The van der Waals surface area contributed by atoms with Crippen LogP contribution in [0.3, 0.4) is 0 Å². The lowest BCUT2D eigenvalue weighted by molar-refractivity contribution is -0.135. The molecule has 10 nitrogen and oxygen atoms in total. The zero-order valence-corrected chi connectivity index (χ0v) is 21.8. The second-order valence-electron chi connectivity index (χ2n) is 9.83. The number of nitrogens with zero attached hydrogens (tertiary/aromatic N) is 6. The fraction of sp³-hybridized carbons (Fsp3) is 0.241. The van der Waals surface area contributed by atoms with Crippen molar-refractivity contribution in [1.82, 2.24) is 10.0 Å². The van der Waals surface area contributed by atoms with E-state index < -0.39 is 41.7 Å². The molecule has 6 rings (SSSR count). The van der Waals surface area contributed by atoms with Crippen molar-refractivity contribution in [3.8, 4) is 5.75 Å². The van der Waals surface area contributed by atoms with Crippen LogP contribution in [0.4, 0.5) is 10.1 Å². The first-order chi connectivity index (χ1) is 19.3. The van der Waals surface area contributed by atoms with Gasteiger partial charge in [0.1, 0.15) is 18.1 Å². The third-order valence-electron chi connectivity index (χ3n) is 7.27. The Kier molecular flexibility index (Phi) is 6.33. The Morgan fingerprint density at radius 2 is 1.77 bits per heavy atom. The molecule has 3 unspecified atom stereocenters. The summed E-state index contributed by atoms with van der Waals surface area (Å²) in [5.41, 5.74) is 3.74. The van der Waals surface area contributed by atoms with Crippen LogP contribution in [0.2, 0.25) is 0 Å². The van der Waals surface area contributed by atoms with Crippen LogP contribution < -0.4 is 9.64 Å². The highest BCUT2D eigenvalue weighted by Gasteiger charge is 2.55. The molecule has 202 valence electrons. The molecule has 0 spiro atoms. The van der Waals surface area contributed by atoms with Crippen LogP contribution in [-0.4, -0.2) is 59.2 Å². The van der Waals surface area contributed by atoms with E-state index in [4.69, 9.17) is 4.74 Å². The minimum absolute atomic E-state index is 0.109. The molecule has 0 aromatic heterocycles. The molecule has 3 aromatic carbocycles. The fourth-order valence-corrected chi connectivity index (χ4v) is 5.18. The number of ether oxygens (including phenoxy) is 1. The molecule has 3 aliphatic rings. The summed E-state index contributed by atoms with van der Waals surface area (Å²) in [5, 5.41) is 15.3. The van der Waals surface area contributed by atoms with Crippen molar-refractivity contribution < 1.29 is 23.5 Å². The fourth-order valence-electron chi connectivity index (χ4n) is 5.18. The van der Waals surface area contributed by atoms with E-state index in [1.54, 1.807) is 7.11 Å². The summed E-state index contributed by atoms with van der Waals surface area (Å²) in [6.45, 7) is 1.68. The number of benzene rings is 3. The van der Waals surface area contributed by atoms with Gasteiger partial charge in [0.2, 0.25) is 0 Å². The second-order valence-corrected chi connectivity index (χ2v) is 9.83. The predicted octanol–water partition coefficient (Wildman–Crippen LogP) is 3.81. The van der Waals surface area contributed by atoms with E-state index in [9.17, 15) is 18.8 Å². The number of carbonyl (C=O) groups excluding carboxylic acids is 3. The third-order valence-corrected chi connectivity index (χ3v) is 7.27. The summed E-state index contributed by atoms with van der Waals surface area (Å²) < 4.78 is 19.1. The number of rotatable bonds is 6. The minimum Gasteiger partial charge on any atom is -0.497 e. The van der Waals surface area contributed by atoms with Crippen molar-refractivity contribution >= 4 is 29.1 Å². The van der Waals surface area contributed by atoms with E-state index in [0.717, 1.165) is 33.4 Å². The van der Waals surface area contributed by atoms with Crippen molar-refractivity contribution in [3.63, 3.8) is 0 Å². The molecule has 3 aromatic rings. The summed E-state index contributed by atoms with van der Waals surface area (Å²) in [6, 6.07) is 18.0. The van der Waals surface area contributed by atoms with Gasteiger partial charge in [-0.25, -0.2) is 14.3 Å². The topological polar surface area (TPSA) is 107 Å². The lowest BCUT2D eigenvalue weighted by Gasteiger charge is -2.25. The molecule has 3 aliphatic heterocycles. The average Bonchev–Trinajstić information content (AvgIpc) is 3.64. The molecule has 0 N–H and O–H groups in total. The Morgan fingerprint density at radius 3 is 2.48 bits per heavy atom. The highest BCUT2D eigenvalue weighted by atomic mass is 19.1. The van der Waals surface area contributed by atoms with E-state index in [-0.39, 0.29) is 12.2 Å². The quantitative estimate of drug-likeness (QED) is 0.442.